The predicted octanol–water partition coefficient (Wildman–Crippen LogP) is 3.32. The van der Waals surface area contributed by atoms with E-state index in [4.69, 9.17) is 0 Å². The molecule has 0 aliphatic rings. The van der Waals surface area contributed by atoms with Crippen molar-refractivity contribution in [3.8, 4) is 0 Å². The summed E-state index contributed by atoms with van der Waals surface area (Å²) in [4.78, 5) is 2.48. The van der Waals surface area contributed by atoms with E-state index in [-0.39, 0.29) is 0 Å². The first-order chi connectivity index (χ1) is 9.15. The van der Waals surface area contributed by atoms with E-state index in [2.05, 4.69) is 48.5 Å². The average Bonchev–Trinajstić information content (AvgIpc) is 2.77. The van der Waals surface area contributed by atoms with Crippen LogP contribution in [0.15, 0.2) is 46.5 Å². The summed E-state index contributed by atoms with van der Waals surface area (Å²) in [5.74, 6) is 0.679. The highest BCUT2D eigenvalue weighted by atomic mass is 32.2. The maximum absolute atomic E-state index is 4.21. The highest BCUT2D eigenvalue weighted by Gasteiger charge is 2.05. The second-order valence-corrected chi connectivity index (χ2v) is 6.20. The molecular weight excluding hydrogens is 254 g/mol. The van der Waals surface area contributed by atoms with Gasteiger partial charge in [0.05, 0.1) is 11.1 Å². The Morgan fingerprint density at radius 3 is 2.79 bits per heavy atom. The van der Waals surface area contributed by atoms with E-state index in [1.165, 1.54) is 15.4 Å². The molecule has 1 heterocycles. The molecule has 0 amide bonds. The first-order valence-corrected chi connectivity index (χ1v) is 7.42. The molecular formula is C15H21N3S. The van der Waals surface area contributed by atoms with Crippen LogP contribution in [0.3, 0.4) is 0 Å². The standard InChI is InChI=1S/C15H21N3S/c1-12(2)8-16-9-13-6-4-5-7-15(13)19-14-10-17-18(3)11-14/h4-7,10-12,16H,8-9H2,1-3H3. The Bertz CT molecular complexity index is 520. The van der Waals surface area contributed by atoms with Gasteiger partial charge in [-0.1, -0.05) is 43.8 Å². The molecule has 19 heavy (non-hydrogen) atoms. The highest BCUT2D eigenvalue weighted by Crippen LogP contribution is 2.29. The number of benzene rings is 1. The third-order valence-electron chi connectivity index (χ3n) is 2.75. The lowest BCUT2D eigenvalue weighted by molar-refractivity contribution is 0.550. The fourth-order valence-electron chi connectivity index (χ4n) is 1.82. The van der Waals surface area contributed by atoms with Crippen LogP contribution in [0.2, 0.25) is 0 Å². The molecule has 1 N–H and O–H groups in total. The van der Waals surface area contributed by atoms with Crippen molar-refractivity contribution in [3.05, 3.63) is 42.2 Å². The Morgan fingerprint density at radius 1 is 1.32 bits per heavy atom. The molecule has 0 fully saturated rings. The van der Waals surface area contributed by atoms with Crippen molar-refractivity contribution in [1.82, 2.24) is 15.1 Å². The van der Waals surface area contributed by atoms with E-state index >= 15 is 0 Å². The maximum atomic E-state index is 4.21. The fourth-order valence-corrected chi connectivity index (χ4v) is 2.80. The van der Waals surface area contributed by atoms with Gasteiger partial charge in [-0.05, 0) is 24.1 Å². The molecule has 4 heteroatoms. The zero-order chi connectivity index (χ0) is 13.7. The smallest absolute Gasteiger partial charge is 0.0629 e. The molecule has 1 aromatic carbocycles. The van der Waals surface area contributed by atoms with Gasteiger partial charge in [-0.15, -0.1) is 0 Å². The van der Waals surface area contributed by atoms with Crippen LogP contribution in [0.25, 0.3) is 0 Å². The lowest BCUT2D eigenvalue weighted by Gasteiger charge is -2.11. The zero-order valence-corrected chi connectivity index (χ0v) is 12.6. The molecule has 2 rings (SSSR count). The minimum Gasteiger partial charge on any atom is -0.312 e. The van der Waals surface area contributed by atoms with Crippen LogP contribution >= 0.6 is 11.8 Å². The fraction of sp³-hybridized carbons (Fsp3) is 0.400. The average molecular weight is 275 g/mol. The topological polar surface area (TPSA) is 29.9 Å². The number of aromatic nitrogens is 2. The lowest BCUT2D eigenvalue weighted by atomic mass is 10.2. The monoisotopic (exact) mass is 275 g/mol. The Labute approximate surface area is 119 Å². The van der Waals surface area contributed by atoms with Crippen LogP contribution in [-0.4, -0.2) is 16.3 Å². The second kappa shape index (κ2) is 6.78. The summed E-state index contributed by atoms with van der Waals surface area (Å²) in [6.07, 6.45) is 3.95. The first kappa shape index (κ1) is 14.2. The van der Waals surface area contributed by atoms with Gasteiger partial charge in [0.15, 0.2) is 0 Å². The van der Waals surface area contributed by atoms with Crippen molar-refractivity contribution in [3.63, 3.8) is 0 Å². The molecule has 0 saturated heterocycles. The van der Waals surface area contributed by atoms with Crippen LogP contribution in [-0.2, 0) is 13.6 Å². The summed E-state index contributed by atoms with van der Waals surface area (Å²) in [6.45, 7) is 6.42. The first-order valence-electron chi connectivity index (χ1n) is 6.60. The third kappa shape index (κ3) is 4.40. The Hall–Kier alpha value is -1.26. The zero-order valence-electron chi connectivity index (χ0n) is 11.8. The van der Waals surface area contributed by atoms with E-state index in [1.807, 2.05) is 24.1 Å². The molecule has 3 nitrogen and oxygen atoms in total. The Balaban J connectivity index is 2.03. The van der Waals surface area contributed by atoms with Crippen LogP contribution in [0.5, 0.6) is 0 Å². The van der Waals surface area contributed by atoms with Crippen LogP contribution in [0, 0.1) is 5.92 Å². The summed E-state index contributed by atoms with van der Waals surface area (Å²) >= 11 is 1.77. The molecule has 0 atom stereocenters. The number of nitrogens with one attached hydrogen (secondary N) is 1. The van der Waals surface area contributed by atoms with Gasteiger partial charge < -0.3 is 5.32 Å². The SMILES string of the molecule is CC(C)CNCc1ccccc1Sc1cnn(C)c1. The van der Waals surface area contributed by atoms with Crippen LogP contribution in [0.1, 0.15) is 19.4 Å². The van der Waals surface area contributed by atoms with Crippen molar-refractivity contribution in [1.29, 1.82) is 0 Å². The van der Waals surface area contributed by atoms with Crippen LogP contribution in [0.4, 0.5) is 0 Å². The molecule has 2 aromatic rings. The van der Waals surface area contributed by atoms with Gasteiger partial charge >= 0.3 is 0 Å². The quantitative estimate of drug-likeness (QED) is 0.877. The summed E-state index contributed by atoms with van der Waals surface area (Å²) in [6, 6.07) is 8.54. The van der Waals surface area contributed by atoms with Crippen molar-refractivity contribution >= 4 is 11.8 Å². The third-order valence-corrected chi connectivity index (χ3v) is 3.81. The number of nitrogens with zero attached hydrogens (tertiary/aromatic N) is 2. The van der Waals surface area contributed by atoms with E-state index in [0.717, 1.165) is 13.1 Å². The van der Waals surface area contributed by atoms with Gasteiger partial charge in [0.25, 0.3) is 0 Å². The predicted molar refractivity (Wildman–Crippen MR) is 80.3 cm³/mol. The molecule has 0 saturated carbocycles. The summed E-state index contributed by atoms with van der Waals surface area (Å²) in [5.41, 5.74) is 1.34. The van der Waals surface area contributed by atoms with E-state index < -0.39 is 0 Å². The van der Waals surface area contributed by atoms with Gasteiger partial charge in [-0.25, -0.2) is 0 Å². The van der Waals surface area contributed by atoms with Gasteiger partial charge in [-0.3, -0.25) is 4.68 Å². The number of hydrogen-bond acceptors (Lipinski definition) is 3. The molecule has 0 unspecified atom stereocenters. The molecule has 0 aliphatic carbocycles. The molecule has 0 radical (unpaired) electrons. The summed E-state index contributed by atoms with van der Waals surface area (Å²) in [7, 11) is 1.94. The lowest BCUT2D eigenvalue weighted by Crippen LogP contribution is -2.19. The van der Waals surface area contributed by atoms with Crippen molar-refractivity contribution < 1.29 is 0 Å². The van der Waals surface area contributed by atoms with Gasteiger partial charge in [0, 0.05) is 24.7 Å². The molecule has 0 bridgehead atoms. The minimum absolute atomic E-state index is 0.679. The number of hydrogen-bond donors (Lipinski definition) is 1. The van der Waals surface area contributed by atoms with E-state index in [9.17, 15) is 0 Å². The van der Waals surface area contributed by atoms with Crippen molar-refractivity contribution in [2.75, 3.05) is 6.54 Å². The molecule has 0 spiro atoms. The van der Waals surface area contributed by atoms with Gasteiger partial charge in [0.2, 0.25) is 0 Å². The molecule has 0 aliphatic heterocycles. The van der Waals surface area contributed by atoms with E-state index in [0.29, 0.717) is 5.92 Å². The Morgan fingerprint density at radius 2 is 2.11 bits per heavy atom. The highest BCUT2D eigenvalue weighted by molar-refractivity contribution is 7.99. The largest absolute Gasteiger partial charge is 0.312 e. The van der Waals surface area contributed by atoms with E-state index in [1.54, 1.807) is 11.8 Å². The minimum atomic E-state index is 0.679. The number of rotatable bonds is 6. The van der Waals surface area contributed by atoms with Crippen molar-refractivity contribution in [2.24, 2.45) is 13.0 Å². The summed E-state index contributed by atoms with van der Waals surface area (Å²) in [5, 5.41) is 7.71. The maximum Gasteiger partial charge on any atom is 0.0629 e. The van der Waals surface area contributed by atoms with Crippen molar-refractivity contribution in [2.45, 2.75) is 30.2 Å². The molecule has 1 aromatic heterocycles. The Kier molecular flexibility index (Phi) is 5.05. The summed E-state index contributed by atoms with van der Waals surface area (Å²) < 4.78 is 1.84. The van der Waals surface area contributed by atoms with Gasteiger partial charge in [0.1, 0.15) is 0 Å². The normalized spacial score (nSPS) is 11.2. The number of aryl methyl sites for hydroxylation is 1. The molecule has 102 valence electrons. The van der Waals surface area contributed by atoms with Crippen LogP contribution < -0.4 is 5.32 Å². The second-order valence-electron chi connectivity index (χ2n) is 5.08. The van der Waals surface area contributed by atoms with Gasteiger partial charge in [-0.2, -0.15) is 5.10 Å².